The average Bonchev–Trinajstić information content (AvgIpc) is 1.88. The summed E-state index contributed by atoms with van der Waals surface area (Å²) in [5.41, 5.74) is 0. The largest absolute Gasteiger partial charge is 0.396 e. The molecule has 0 saturated heterocycles. The molecule has 0 heterocycles. The van der Waals surface area contributed by atoms with Gasteiger partial charge in [-0.15, -0.1) is 6.42 Å². The number of hydrogen-bond acceptors (Lipinski definition) is 1. The average molecular weight is 124 g/mol. The van der Waals surface area contributed by atoms with Gasteiger partial charge in [-0.3, -0.25) is 0 Å². The van der Waals surface area contributed by atoms with Crippen molar-refractivity contribution in [1.29, 1.82) is 0 Å². The molecule has 50 valence electrons. The zero-order valence-corrected chi connectivity index (χ0v) is 5.67. The highest BCUT2D eigenvalue weighted by Gasteiger charge is 1.95. The second-order valence-corrected chi connectivity index (χ2v) is 1.81. The number of rotatable bonds is 3. The molecular weight excluding hydrogens is 112 g/mol. The Morgan fingerprint density at radius 1 is 1.78 bits per heavy atom. The highest BCUT2D eigenvalue weighted by atomic mass is 16.2. The van der Waals surface area contributed by atoms with Gasteiger partial charge < -0.3 is 5.11 Å². The number of aliphatic hydroxyl groups excluding tert-OH is 1. The van der Waals surface area contributed by atoms with Gasteiger partial charge in [-0.1, -0.05) is 18.1 Å². The number of aliphatic hydroxyl groups is 1. The fourth-order valence-corrected chi connectivity index (χ4v) is 0.607. The SMILES string of the molecule is C#CC(/C=C/C)CCO. The molecule has 0 fully saturated rings. The highest BCUT2D eigenvalue weighted by molar-refractivity contribution is 5.03. The van der Waals surface area contributed by atoms with E-state index in [1.165, 1.54) is 0 Å². The summed E-state index contributed by atoms with van der Waals surface area (Å²) in [6, 6.07) is 0. The molecule has 0 bridgehead atoms. The standard InChI is InChI=1S/C8H12O/c1-3-5-8(4-2)6-7-9/h2-3,5,8-9H,6-7H2,1H3/b5-3+. The maximum absolute atomic E-state index is 8.46. The normalized spacial score (nSPS) is 13.4. The fraction of sp³-hybridized carbons (Fsp3) is 0.500. The third-order valence-corrected chi connectivity index (χ3v) is 1.08. The van der Waals surface area contributed by atoms with Crippen molar-refractivity contribution < 1.29 is 5.11 Å². The van der Waals surface area contributed by atoms with Gasteiger partial charge in [-0.05, 0) is 13.3 Å². The molecule has 0 amide bonds. The van der Waals surface area contributed by atoms with Crippen LogP contribution in [0.4, 0.5) is 0 Å². The zero-order chi connectivity index (χ0) is 7.11. The van der Waals surface area contributed by atoms with Crippen LogP contribution in [0.25, 0.3) is 0 Å². The van der Waals surface area contributed by atoms with Crippen molar-refractivity contribution in [2.45, 2.75) is 13.3 Å². The lowest BCUT2D eigenvalue weighted by Crippen LogP contribution is -1.94. The minimum absolute atomic E-state index is 0.111. The summed E-state index contributed by atoms with van der Waals surface area (Å²) in [6.45, 7) is 2.08. The van der Waals surface area contributed by atoms with Gasteiger partial charge >= 0.3 is 0 Å². The summed E-state index contributed by atoms with van der Waals surface area (Å²) in [7, 11) is 0. The van der Waals surface area contributed by atoms with Crippen molar-refractivity contribution in [1.82, 2.24) is 0 Å². The van der Waals surface area contributed by atoms with Gasteiger partial charge in [0.25, 0.3) is 0 Å². The van der Waals surface area contributed by atoms with Crippen molar-refractivity contribution in [2.24, 2.45) is 5.92 Å². The second-order valence-electron chi connectivity index (χ2n) is 1.81. The van der Waals surface area contributed by atoms with E-state index in [4.69, 9.17) is 11.5 Å². The first-order valence-corrected chi connectivity index (χ1v) is 3.05. The van der Waals surface area contributed by atoms with Gasteiger partial charge in [-0.2, -0.15) is 0 Å². The van der Waals surface area contributed by atoms with Crippen LogP contribution in [-0.2, 0) is 0 Å². The Bertz CT molecular complexity index is 119. The Morgan fingerprint density at radius 2 is 2.44 bits per heavy atom. The molecule has 1 atom stereocenters. The van der Waals surface area contributed by atoms with E-state index in [0.717, 1.165) is 0 Å². The molecule has 0 rings (SSSR count). The van der Waals surface area contributed by atoms with E-state index in [-0.39, 0.29) is 12.5 Å². The van der Waals surface area contributed by atoms with Crippen LogP contribution in [0, 0.1) is 18.3 Å². The van der Waals surface area contributed by atoms with Gasteiger partial charge in [-0.25, -0.2) is 0 Å². The Morgan fingerprint density at radius 3 is 2.78 bits per heavy atom. The lowest BCUT2D eigenvalue weighted by atomic mass is 10.1. The lowest BCUT2D eigenvalue weighted by molar-refractivity contribution is 0.280. The predicted octanol–water partition coefficient (Wildman–Crippen LogP) is 1.19. The van der Waals surface area contributed by atoms with Crippen molar-refractivity contribution in [3.8, 4) is 12.3 Å². The van der Waals surface area contributed by atoms with Crippen LogP contribution >= 0.6 is 0 Å². The van der Waals surface area contributed by atoms with E-state index in [1.807, 2.05) is 19.1 Å². The Labute approximate surface area is 56.4 Å². The Hall–Kier alpha value is -0.740. The molecule has 0 radical (unpaired) electrons. The molecule has 0 aliphatic carbocycles. The summed E-state index contributed by atoms with van der Waals surface area (Å²) in [6.07, 6.45) is 9.62. The van der Waals surface area contributed by atoms with Crippen LogP contribution in [0.1, 0.15) is 13.3 Å². The Balaban J connectivity index is 3.58. The molecule has 0 aromatic rings. The van der Waals surface area contributed by atoms with Gasteiger partial charge in [0.2, 0.25) is 0 Å². The highest BCUT2D eigenvalue weighted by Crippen LogP contribution is 2.01. The van der Waals surface area contributed by atoms with E-state index in [2.05, 4.69) is 5.92 Å². The maximum atomic E-state index is 8.46. The van der Waals surface area contributed by atoms with Crippen molar-refractivity contribution in [3.05, 3.63) is 12.2 Å². The molecule has 0 aromatic carbocycles. The molecule has 0 spiro atoms. The van der Waals surface area contributed by atoms with E-state index in [0.29, 0.717) is 6.42 Å². The smallest absolute Gasteiger partial charge is 0.0445 e. The third kappa shape index (κ3) is 3.81. The fourth-order valence-electron chi connectivity index (χ4n) is 0.607. The third-order valence-electron chi connectivity index (χ3n) is 1.08. The maximum Gasteiger partial charge on any atom is 0.0445 e. The quantitative estimate of drug-likeness (QED) is 0.442. The van der Waals surface area contributed by atoms with E-state index in [9.17, 15) is 0 Å². The van der Waals surface area contributed by atoms with E-state index < -0.39 is 0 Å². The summed E-state index contributed by atoms with van der Waals surface area (Å²) >= 11 is 0. The molecule has 0 aliphatic heterocycles. The minimum atomic E-state index is 0.111. The van der Waals surface area contributed by atoms with Crippen LogP contribution in [0.5, 0.6) is 0 Å². The van der Waals surface area contributed by atoms with E-state index in [1.54, 1.807) is 0 Å². The van der Waals surface area contributed by atoms with Gasteiger partial charge in [0.15, 0.2) is 0 Å². The van der Waals surface area contributed by atoms with Gasteiger partial charge in [0.05, 0.1) is 0 Å². The van der Waals surface area contributed by atoms with Gasteiger partial charge in [0.1, 0.15) is 0 Å². The number of terminal acetylenes is 1. The lowest BCUT2D eigenvalue weighted by Gasteiger charge is -1.98. The van der Waals surface area contributed by atoms with E-state index >= 15 is 0 Å². The minimum Gasteiger partial charge on any atom is -0.396 e. The van der Waals surface area contributed by atoms with Crippen LogP contribution in [0.2, 0.25) is 0 Å². The summed E-state index contributed by atoms with van der Waals surface area (Å²) in [5, 5.41) is 8.46. The molecule has 0 aliphatic rings. The predicted molar refractivity (Wildman–Crippen MR) is 38.8 cm³/mol. The first kappa shape index (κ1) is 8.26. The second kappa shape index (κ2) is 5.40. The van der Waals surface area contributed by atoms with Gasteiger partial charge in [0, 0.05) is 12.5 Å². The van der Waals surface area contributed by atoms with Crippen molar-refractivity contribution >= 4 is 0 Å². The molecule has 0 saturated carbocycles. The van der Waals surface area contributed by atoms with Crippen molar-refractivity contribution in [2.75, 3.05) is 6.61 Å². The monoisotopic (exact) mass is 124 g/mol. The topological polar surface area (TPSA) is 20.2 Å². The first-order valence-electron chi connectivity index (χ1n) is 3.05. The number of hydrogen-bond donors (Lipinski definition) is 1. The first-order chi connectivity index (χ1) is 4.35. The van der Waals surface area contributed by atoms with Crippen LogP contribution in [0.3, 0.4) is 0 Å². The van der Waals surface area contributed by atoms with Crippen LogP contribution in [0.15, 0.2) is 12.2 Å². The zero-order valence-electron chi connectivity index (χ0n) is 5.67. The molecule has 9 heavy (non-hydrogen) atoms. The summed E-state index contributed by atoms with van der Waals surface area (Å²) < 4.78 is 0. The summed E-state index contributed by atoms with van der Waals surface area (Å²) in [4.78, 5) is 0. The molecule has 1 N–H and O–H groups in total. The molecule has 1 unspecified atom stereocenters. The summed E-state index contributed by atoms with van der Waals surface area (Å²) in [5.74, 6) is 2.67. The molecule has 1 nitrogen and oxygen atoms in total. The number of allylic oxidation sites excluding steroid dienone is 2. The Kier molecular flexibility index (Phi) is 4.95. The molecule has 0 aromatic heterocycles. The van der Waals surface area contributed by atoms with Crippen LogP contribution < -0.4 is 0 Å². The van der Waals surface area contributed by atoms with Crippen molar-refractivity contribution in [3.63, 3.8) is 0 Å². The van der Waals surface area contributed by atoms with Crippen LogP contribution in [-0.4, -0.2) is 11.7 Å². The molecular formula is C8H12O. The molecule has 1 heteroatoms.